The summed E-state index contributed by atoms with van der Waals surface area (Å²) in [6, 6.07) is 7.07. The van der Waals surface area contributed by atoms with Gasteiger partial charge in [-0.25, -0.2) is 8.42 Å². The summed E-state index contributed by atoms with van der Waals surface area (Å²) in [6.45, 7) is 0.604. The van der Waals surface area contributed by atoms with Crippen LogP contribution in [0.3, 0.4) is 0 Å². The zero-order valence-electron chi connectivity index (χ0n) is 14.4. The number of aromatic nitrogens is 2. The van der Waals surface area contributed by atoms with Crippen molar-refractivity contribution >= 4 is 60.5 Å². The van der Waals surface area contributed by atoms with Crippen molar-refractivity contribution in [2.45, 2.75) is 17.1 Å². The highest BCUT2D eigenvalue weighted by atomic mass is 79.9. The molecule has 0 radical (unpaired) electrons. The third kappa shape index (κ3) is 4.06. The molecule has 148 valence electrons. The third-order valence-electron chi connectivity index (χ3n) is 4.35. The van der Waals surface area contributed by atoms with Gasteiger partial charge in [0.2, 0.25) is 5.91 Å². The smallest absolute Gasteiger partial charge is 0.322 e. The number of hydrogen-bond donors (Lipinski definition) is 1. The van der Waals surface area contributed by atoms with Gasteiger partial charge < -0.3 is 4.42 Å². The average molecular weight is 503 g/mol. The lowest BCUT2D eigenvalue weighted by molar-refractivity contribution is -0.121. The van der Waals surface area contributed by atoms with E-state index in [1.165, 1.54) is 27.0 Å². The highest BCUT2D eigenvalue weighted by Gasteiger charge is 2.33. The Morgan fingerprint density at radius 3 is 2.68 bits per heavy atom. The number of halogens is 1. The van der Waals surface area contributed by atoms with Gasteiger partial charge in [0.1, 0.15) is 4.21 Å². The number of nitrogens with one attached hydrogen (secondary N) is 1. The highest BCUT2D eigenvalue weighted by Crippen LogP contribution is 2.31. The minimum Gasteiger partial charge on any atom is -0.402 e. The lowest BCUT2D eigenvalue weighted by Crippen LogP contribution is -2.41. The molecule has 1 N–H and O–H groups in total. The number of rotatable bonds is 5. The highest BCUT2D eigenvalue weighted by molar-refractivity contribution is 9.11. The Kier molecular flexibility index (Phi) is 5.65. The second-order valence-electron chi connectivity index (χ2n) is 6.12. The van der Waals surface area contributed by atoms with E-state index in [1.807, 2.05) is 12.1 Å². The Morgan fingerprint density at radius 1 is 1.25 bits per heavy atom. The van der Waals surface area contributed by atoms with Crippen LogP contribution in [-0.4, -0.2) is 41.9 Å². The monoisotopic (exact) mass is 502 g/mol. The van der Waals surface area contributed by atoms with Gasteiger partial charge in [-0.15, -0.1) is 27.8 Å². The van der Waals surface area contributed by atoms with Crippen LogP contribution >= 0.6 is 38.6 Å². The summed E-state index contributed by atoms with van der Waals surface area (Å²) in [4.78, 5) is 13.3. The van der Waals surface area contributed by atoms with Crippen LogP contribution in [0.1, 0.15) is 12.8 Å². The maximum absolute atomic E-state index is 12.6. The number of hydrogen-bond acceptors (Lipinski definition) is 8. The first-order valence-electron chi connectivity index (χ1n) is 8.37. The van der Waals surface area contributed by atoms with Gasteiger partial charge >= 0.3 is 6.01 Å². The average Bonchev–Trinajstić information content (AvgIpc) is 3.43. The minimum absolute atomic E-state index is 0.0400. The summed E-state index contributed by atoms with van der Waals surface area (Å²) < 4.78 is 33.3. The van der Waals surface area contributed by atoms with Crippen LogP contribution in [0, 0.1) is 5.92 Å². The van der Waals surface area contributed by atoms with Crippen LogP contribution < -0.4 is 5.32 Å². The summed E-state index contributed by atoms with van der Waals surface area (Å²) >= 11 is 6.02. The van der Waals surface area contributed by atoms with E-state index in [9.17, 15) is 13.2 Å². The van der Waals surface area contributed by atoms with Gasteiger partial charge in [0, 0.05) is 19.0 Å². The van der Waals surface area contributed by atoms with E-state index < -0.39 is 10.0 Å². The first-order valence-corrected chi connectivity index (χ1v) is 12.3. The largest absolute Gasteiger partial charge is 0.402 e. The standard InChI is InChI=1S/C16H15BrN4O4S3/c17-12-4-3-11(27-12)15-19-20-16(25-15)18-14(22)10-5-7-21(8-6-10)28(23,24)13-2-1-9-26-13/h1-4,9-10H,5-8H2,(H,18,20,22). The van der Waals surface area contributed by atoms with E-state index in [-0.39, 0.29) is 17.8 Å². The Hall–Kier alpha value is -1.60. The van der Waals surface area contributed by atoms with Crippen LogP contribution in [0.4, 0.5) is 6.01 Å². The number of amides is 1. The summed E-state index contributed by atoms with van der Waals surface area (Å²) in [6.07, 6.45) is 0.880. The molecule has 0 aliphatic carbocycles. The number of anilines is 1. The third-order valence-corrected chi connectivity index (χ3v) is 9.24. The number of piperidine rings is 1. The number of thiophene rings is 2. The molecule has 1 saturated heterocycles. The van der Waals surface area contributed by atoms with E-state index in [4.69, 9.17) is 4.42 Å². The van der Waals surface area contributed by atoms with Crippen molar-refractivity contribution in [3.05, 3.63) is 33.4 Å². The molecule has 0 aromatic carbocycles. The molecule has 0 spiro atoms. The van der Waals surface area contributed by atoms with Gasteiger partial charge in [-0.1, -0.05) is 11.2 Å². The molecule has 3 aromatic heterocycles. The zero-order valence-corrected chi connectivity index (χ0v) is 18.4. The van der Waals surface area contributed by atoms with Crippen molar-refractivity contribution < 1.29 is 17.6 Å². The first kappa shape index (κ1) is 19.7. The Balaban J connectivity index is 1.35. The van der Waals surface area contributed by atoms with E-state index in [0.717, 1.165) is 8.66 Å². The van der Waals surface area contributed by atoms with E-state index >= 15 is 0 Å². The molecule has 1 amide bonds. The summed E-state index contributed by atoms with van der Waals surface area (Å²) in [5.74, 6) is -0.209. The van der Waals surface area contributed by atoms with Gasteiger partial charge in [-0.05, 0) is 52.4 Å². The van der Waals surface area contributed by atoms with E-state index in [1.54, 1.807) is 17.5 Å². The number of sulfonamides is 1. The van der Waals surface area contributed by atoms with Crippen LogP contribution in [0.2, 0.25) is 0 Å². The fraction of sp³-hybridized carbons (Fsp3) is 0.312. The topological polar surface area (TPSA) is 105 Å². The molecule has 28 heavy (non-hydrogen) atoms. The molecule has 0 unspecified atom stereocenters. The molecule has 3 aromatic rings. The molecule has 4 rings (SSSR count). The SMILES string of the molecule is O=C(Nc1nnc(-c2ccc(Br)s2)o1)C1CCN(S(=O)(=O)c2cccs2)CC1. The quantitative estimate of drug-likeness (QED) is 0.570. The second kappa shape index (κ2) is 8.03. The van der Waals surface area contributed by atoms with Crippen molar-refractivity contribution in [3.8, 4) is 10.8 Å². The Bertz CT molecular complexity index is 1070. The maximum Gasteiger partial charge on any atom is 0.322 e. The lowest BCUT2D eigenvalue weighted by Gasteiger charge is -2.29. The first-order chi connectivity index (χ1) is 13.4. The molecule has 12 heteroatoms. The normalized spacial score (nSPS) is 16.3. The van der Waals surface area contributed by atoms with Gasteiger partial charge in [0.15, 0.2) is 0 Å². The molecular formula is C16H15BrN4O4S3. The van der Waals surface area contributed by atoms with Crippen molar-refractivity contribution in [1.29, 1.82) is 0 Å². The predicted molar refractivity (Wildman–Crippen MR) is 110 cm³/mol. The van der Waals surface area contributed by atoms with E-state index in [0.29, 0.717) is 36.0 Å². The van der Waals surface area contributed by atoms with Crippen LogP contribution in [0.5, 0.6) is 0 Å². The van der Waals surface area contributed by atoms with Gasteiger partial charge in [-0.2, -0.15) is 4.31 Å². The molecular weight excluding hydrogens is 488 g/mol. The summed E-state index contributed by atoms with van der Waals surface area (Å²) in [5, 5.41) is 12.2. The van der Waals surface area contributed by atoms with Gasteiger partial charge in [0.25, 0.3) is 15.9 Å². The molecule has 1 aliphatic rings. The molecule has 4 heterocycles. The lowest BCUT2D eigenvalue weighted by atomic mass is 9.97. The van der Waals surface area contributed by atoms with Gasteiger partial charge in [0.05, 0.1) is 8.66 Å². The second-order valence-corrected chi connectivity index (χ2v) is 11.7. The molecule has 0 bridgehead atoms. The summed E-state index contributed by atoms with van der Waals surface area (Å²) in [7, 11) is -3.48. The zero-order chi connectivity index (χ0) is 19.7. The fourth-order valence-corrected chi connectivity index (χ4v) is 6.83. The predicted octanol–water partition coefficient (Wildman–Crippen LogP) is 3.66. The maximum atomic E-state index is 12.6. The minimum atomic E-state index is -3.48. The van der Waals surface area contributed by atoms with Crippen molar-refractivity contribution in [2.24, 2.45) is 5.92 Å². The van der Waals surface area contributed by atoms with Gasteiger partial charge in [-0.3, -0.25) is 10.1 Å². The summed E-state index contributed by atoms with van der Waals surface area (Å²) in [5.41, 5.74) is 0. The van der Waals surface area contributed by atoms with Crippen LogP contribution in [0.15, 0.2) is 42.1 Å². The molecule has 1 fully saturated rings. The molecule has 1 aliphatic heterocycles. The van der Waals surface area contributed by atoms with Crippen LogP contribution in [-0.2, 0) is 14.8 Å². The number of carbonyl (C=O) groups is 1. The number of carbonyl (C=O) groups excluding carboxylic acids is 1. The van der Waals surface area contributed by atoms with Crippen molar-refractivity contribution in [2.75, 3.05) is 18.4 Å². The number of nitrogens with zero attached hydrogens (tertiary/aromatic N) is 3. The fourth-order valence-electron chi connectivity index (χ4n) is 2.91. The van der Waals surface area contributed by atoms with E-state index in [2.05, 4.69) is 31.4 Å². The molecule has 0 atom stereocenters. The Labute approximate surface area is 177 Å². The Morgan fingerprint density at radius 2 is 2.04 bits per heavy atom. The molecule has 0 saturated carbocycles. The molecule has 8 nitrogen and oxygen atoms in total. The van der Waals surface area contributed by atoms with Crippen molar-refractivity contribution in [1.82, 2.24) is 14.5 Å². The van der Waals surface area contributed by atoms with Crippen molar-refractivity contribution in [3.63, 3.8) is 0 Å². The van der Waals surface area contributed by atoms with Crippen LogP contribution in [0.25, 0.3) is 10.8 Å².